The molecule has 3 aromatic carbocycles. The minimum atomic E-state index is -1.21. The number of anilines is 1. The Hall–Kier alpha value is -5.79. The number of carbonyl (C=O) groups excluding carboxylic acids is 4. The lowest BCUT2D eigenvalue weighted by molar-refractivity contribution is -0.384. The van der Waals surface area contributed by atoms with Gasteiger partial charge in [-0.15, -0.1) is 0 Å². The Labute approximate surface area is 272 Å². The first kappa shape index (κ1) is 35.7. The molecule has 8 N–H and O–H groups in total. The van der Waals surface area contributed by atoms with E-state index in [1.807, 2.05) is 30.3 Å². The number of nitro groups is 1. The number of amides is 4. The molecule has 14 nitrogen and oxygen atoms in total. The van der Waals surface area contributed by atoms with Crippen LogP contribution in [0.25, 0.3) is 0 Å². The molecule has 3 atom stereocenters. The summed E-state index contributed by atoms with van der Waals surface area (Å²) in [6, 6.07) is 19.1. The van der Waals surface area contributed by atoms with Crippen LogP contribution in [0, 0.1) is 16.0 Å². The number of carbonyl (C=O) groups is 4. The summed E-state index contributed by atoms with van der Waals surface area (Å²) in [7, 11) is 0. The number of nitrogens with one attached hydrogen (secondary N) is 2. The molecule has 0 unspecified atom stereocenters. The van der Waals surface area contributed by atoms with E-state index in [-0.39, 0.29) is 43.1 Å². The molecule has 0 aliphatic heterocycles. The van der Waals surface area contributed by atoms with Crippen molar-refractivity contribution in [2.75, 3.05) is 11.4 Å². The number of nitrogens with zero attached hydrogens (tertiary/aromatic N) is 3. The zero-order valence-corrected chi connectivity index (χ0v) is 26.2. The van der Waals surface area contributed by atoms with Crippen molar-refractivity contribution < 1.29 is 24.1 Å². The fraction of sp³-hybridized carbons (Fsp3) is 0.303. The van der Waals surface area contributed by atoms with Crippen LogP contribution in [-0.4, -0.2) is 59.2 Å². The molecule has 248 valence electrons. The lowest BCUT2D eigenvalue weighted by Gasteiger charge is -2.35. The van der Waals surface area contributed by atoms with Gasteiger partial charge >= 0.3 is 0 Å². The minimum absolute atomic E-state index is 0.0529. The summed E-state index contributed by atoms with van der Waals surface area (Å²) in [5.74, 6) is -3.26. The van der Waals surface area contributed by atoms with E-state index in [9.17, 15) is 29.3 Å². The van der Waals surface area contributed by atoms with E-state index in [1.54, 1.807) is 44.2 Å². The van der Waals surface area contributed by atoms with Gasteiger partial charge in [-0.1, -0.05) is 62.4 Å². The van der Waals surface area contributed by atoms with Gasteiger partial charge in [0.2, 0.25) is 11.8 Å². The van der Waals surface area contributed by atoms with Gasteiger partial charge in [0.15, 0.2) is 5.96 Å². The van der Waals surface area contributed by atoms with Crippen molar-refractivity contribution in [3.05, 3.63) is 106 Å². The summed E-state index contributed by atoms with van der Waals surface area (Å²) >= 11 is 0. The number of guanidine groups is 1. The minimum Gasteiger partial charge on any atom is -0.370 e. The highest BCUT2D eigenvalue weighted by Gasteiger charge is 2.37. The predicted molar refractivity (Wildman–Crippen MR) is 178 cm³/mol. The molecule has 0 fully saturated rings. The summed E-state index contributed by atoms with van der Waals surface area (Å²) in [6.45, 7) is 3.58. The zero-order valence-electron chi connectivity index (χ0n) is 26.2. The van der Waals surface area contributed by atoms with Crippen LogP contribution in [-0.2, 0) is 20.8 Å². The second-order valence-corrected chi connectivity index (χ2v) is 11.2. The van der Waals surface area contributed by atoms with Gasteiger partial charge in [0.05, 0.1) is 4.92 Å². The number of hydrogen-bond acceptors (Lipinski definition) is 7. The number of rotatable bonds is 16. The van der Waals surface area contributed by atoms with E-state index >= 15 is 0 Å². The van der Waals surface area contributed by atoms with Crippen LogP contribution in [0.2, 0.25) is 0 Å². The molecular formula is C33H40N8O6. The SMILES string of the molecule is CC(C)[C@H](NC(=O)[C@H](Cc1ccccc1)NC(=O)c1ccccc1)C(=O)N(c1ccc([N+](=O)[O-])cc1)[C@@H](CCCN=C(N)N)C(N)=O. The number of aliphatic imine (C=N–C) groups is 1. The largest absolute Gasteiger partial charge is 0.370 e. The Balaban J connectivity index is 1.97. The number of primary amides is 1. The molecule has 0 aromatic heterocycles. The number of benzene rings is 3. The van der Waals surface area contributed by atoms with Gasteiger partial charge < -0.3 is 27.8 Å². The van der Waals surface area contributed by atoms with Gasteiger partial charge in [-0.05, 0) is 48.6 Å². The third kappa shape index (κ3) is 10.4. The van der Waals surface area contributed by atoms with Crippen molar-refractivity contribution in [2.24, 2.45) is 28.1 Å². The molecule has 0 spiro atoms. The number of nitro benzene ring substituents is 1. The molecule has 0 saturated carbocycles. The van der Waals surface area contributed by atoms with Gasteiger partial charge in [0.25, 0.3) is 17.5 Å². The molecule has 3 rings (SSSR count). The normalized spacial score (nSPS) is 12.7. The predicted octanol–water partition coefficient (Wildman–Crippen LogP) is 2.02. The van der Waals surface area contributed by atoms with Gasteiger partial charge in [-0.3, -0.25) is 39.2 Å². The molecule has 4 amide bonds. The summed E-state index contributed by atoms with van der Waals surface area (Å²) in [5.41, 5.74) is 17.7. The van der Waals surface area contributed by atoms with E-state index in [2.05, 4.69) is 15.6 Å². The Morgan fingerprint density at radius 2 is 1.47 bits per heavy atom. The lowest BCUT2D eigenvalue weighted by atomic mass is 9.98. The molecule has 0 heterocycles. The number of nitrogens with two attached hydrogens (primary N) is 3. The lowest BCUT2D eigenvalue weighted by Crippen LogP contribution is -2.59. The van der Waals surface area contributed by atoms with Crippen LogP contribution < -0.4 is 32.7 Å². The van der Waals surface area contributed by atoms with Gasteiger partial charge in [0, 0.05) is 36.3 Å². The highest BCUT2D eigenvalue weighted by atomic mass is 16.6. The van der Waals surface area contributed by atoms with E-state index in [1.165, 1.54) is 24.3 Å². The van der Waals surface area contributed by atoms with Crippen LogP contribution in [0.3, 0.4) is 0 Å². The third-order valence-corrected chi connectivity index (χ3v) is 7.32. The van der Waals surface area contributed by atoms with Crippen molar-refractivity contribution in [3.8, 4) is 0 Å². The summed E-state index contributed by atoms with van der Waals surface area (Å²) in [5, 5.41) is 16.9. The van der Waals surface area contributed by atoms with Gasteiger partial charge in [-0.2, -0.15) is 0 Å². The van der Waals surface area contributed by atoms with Crippen molar-refractivity contribution in [2.45, 2.75) is 51.2 Å². The van der Waals surface area contributed by atoms with Crippen LogP contribution in [0.15, 0.2) is 89.9 Å². The highest BCUT2D eigenvalue weighted by molar-refractivity contribution is 6.05. The second-order valence-electron chi connectivity index (χ2n) is 11.2. The first-order valence-electron chi connectivity index (χ1n) is 15.0. The Kier molecular flexibility index (Phi) is 12.9. The maximum atomic E-state index is 14.4. The average Bonchev–Trinajstić information content (AvgIpc) is 3.04. The van der Waals surface area contributed by atoms with E-state index < -0.39 is 52.6 Å². The molecule has 0 aliphatic rings. The van der Waals surface area contributed by atoms with Crippen molar-refractivity contribution in [3.63, 3.8) is 0 Å². The Morgan fingerprint density at radius 3 is 2.00 bits per heavy atom. The third-order valence-electron chi connectivity index (χ3n) is 7.32. The first-order chi connectivity index (χ1) is 22.4. The molecule has 47 heavy (non-hydrogen) atoms. The second kappa shape index (κ2) is 17.1. The Morgan fingerprint density at radius 1 is 0.872 bits per heavy atom. The molecule has 0 aliphatic carbocycles. The first-order valence-corrected chi connectivity index (χ1v) is 15.0. The Bertz CT molecular complexity index is 1560. The summed E-state index contributed by atoms with van der Waals surface area (Å²) < 4.78 is 0. The molecule has 0 bridgehead atoms. The fourth-order valence-corrected chi connectivity index (χ4v) is 4.89. The van der Waals surface area contributed by atoms with Crippen molar-refractivity contribution in [1.29, 1.82) is 0 Å². The molecule has 0 saturated heterocycles. The van der Waals surface area contributed by atoms with Crippen LogP contribution in [0.1, 0.15) is 42.6 Å². The van der Waals surface area contributed by atoms with Crippen LogP contribution in [0.5, 0.6) is 0 Å². The maximum Gasteiger partial charge on any atom is 0.269 e. The van der Waals surface area contributed by atoms with Crippen molar-refractivity contribution >= 4 is 41.0 Å². The number of non-ortho nitro benzene ring substituents is 1. The number of hydrogen-bond donors (Lipinski definition) is 5. The van der Waals surface area contributed by atoms with Gasteiger partial charge in [-0.25, -0.2) is 0 Å². The zero-order chi connectivity index (χ0) is 34.5. The smallest absolute Gasteiger partial charge is 0.269 e. The van der Waals surface area contributed by atoms with E-state index in [4.69, 9.17) is 17.2 Å². The molecule has 3 aromatic rings. The summed E-state index contributed by atoms with van der Waals surface area (Å²) in [6.07, 6.45) is 0.452. The molecule has 14 heteroatoms. The quantitative estimate of drug-likeness (QED) is 0.0508. The maximum absolute atomic E-state index is 14.4. The monoisotopic (exact) mass is 644 g/mol. The van der Waals surface area contributed by atoms with Gasteiger partial charge in [0.1, 0.15) is 18.1 Å². The standard InChI is InChI=1S/C33H40N8O6/c1-21(2)28(39-31(44)26(20-22-10-5-3-6-11-22)38-30(43)23-12-7-4-8-13-23)32(45)40(24-15-17-25(18-16-24)41(46)47)27(29(34)42)14-9-19-37-33(35)36/h3-8,10-13,15-18,21,26-28H,9,14,19-20H2,1-2H3,(H2,34,42)(H,38,43)(H,39,44)(H4,35,36,37)/t26-,27-,28-/m0/s1. The molecule has 0 radical (unpaired) electrons. The summed E-state index contributed by atoms with van der Waals surface area (Å²) in [4.78, 5) is 69.9. The van der Waals surface area contributed by atoms with Crippen LogP contribution in [0.4, 0.5) is 11.4 Å². The topological polar surface area (TPSA) is 229 Å². The average molecular weight is 645 g/mol. The van der Waals surface area contributed by atoms with Crippen molar-refractivity contribution in [1.82, 2.24) is 10.6 Å². The van der Waals surface area contributed by atoms with Crippen LogP contribution >= 0.6 is 0 Å². The fourth-order valence-electron chi connectivity index (χ4n) is 4.89. The van der Waals surface area contributed by atoms with E-state index in [0.29, 0.717) is 5.56 Å². The van der Waals surface area contributed by atoms with E-state index in [0.717, 1.165) is 10.5 Å². The molecular weight excluding hydrogens is 604 g/mol. The highest BCUT2D eigenvalue weighted by Crippen LogP contribution is 2.25.